The van der Waals surface area contributed by atoms with E-state index in [1.165, 1.54) is 0 Å². The summed E-state index contributed by atoms with van der Waals surface area (Å²) in [6.07, 6.45) is 2.43. The first-order valence-electron chi connectivity index (χ1n) is 7.28. The highest BCUT2D eigenvalue weighted by Gasteiger charge is 2.47. The summed E-state index contributed by atoms with van der Waals surface area (Å²) in [7, 11) is -3.69. The van der Waals surface area contributed by atoms with Crippen LogP contribution in [0.5, 0.6) is 0 Å². The molecule has 0 atom stereocenters. The Balaban J connectivity index is 2.91. The van der Waals surface area contributed by atoms with Crippen LogP contribution in [0.4, 0.5) is 0 Å². The summed E-state index contributed by atoms with van der Waals surface area (Å²) in [4.78, 5) is 0. The summed E-state index contributed by atoms with van der Waals surface area (Å²) in [5, 5.41) is 0. The third-order valence-corrected chi connectivity index (χ3v) is 4.78. The van der Waals surface area contributed by atoms with E-state index in [1.807, 2.05) is 0 Å². The minimum atomic E-state index is -3.69. The van der Waals surface area contributed by atoms with Gasteiger partial charge in [0.25, 0.3) is 0 Å². The molecule has 1 saturated carbocycles. The van der Waals surface area contributed by atoms with E-state index in [0.29, 0.717) is 0 Å². The van der Waals surface area contributed by atoms with Gasteiger partial charge in [0.15, 0.2) is 0 Å². The van der Waals surface area contributed by atoms with Crippen LogP contribution < -0.4 is 0 Å². The molecule has 0 aliphatic heterocycles. The van der Waals surface area contributed by atoms with Crippen molar-refractivity contribution in [2.24, 2.45) is 5.41 Å². The quantitative estimate of drug-likeness (QED) is 0.575. The molecule has 0 radical (unpaired) electrons. The predicted molar refractivity (Wildman–Crippen MR) is 66.9 cm³/mol. The fourth-order valence-corrected chi connectivity index (χ4v) is 3.62. The molecule has 1 fully saturated rings. The van der Waals surface area contributed by atoms with Crippen LogP contribution in [-0.4, -0.2) is 19.3 Å². The Hall–Kier alpha value is 0.150. The number of hydrogen-bond donors (Lipinski definition) is 0. The highest BCUT2D eigenvalue weighted by atomic mass is 31.2. The molecule has 0 spiro atoms. The van der Waals surface area contributed by atoms with Crippen LogP contribution in [0.1, 0.15) is 55.6 Å². The molecule has 16 heavy (non-hydrogen) atoms. The number of hydrogen-bond acceptors (Lipinski definition) is 3. The zero-order valence-corrected chi connectivity index (χ0v) is 11.5. The maximum Gasteiger partial charge on any atom is 0.331 e. The minimum Gasteiger partial charge on any atom is -0.309 e. The monoisotopic (exact) mass is 250 g/mol. The molecule has 0 unspecified atom stereocenters. The molecular formula is C12H25O3P. The molecule has 0 amide bonds. The molecule has 3 nitrogen and oxygen atoms in total. The van der Waals surface area contributed by atoms with E-state index in [-0.39, 0.29) is 13.2 Å². The van der Waals surface area contributed by atoms with Gasteiger partial charge in [-0.15, -0.1) is 0 Å². The van der Waals surface area contributed by atoms with Gasteiger partial charge in [0.1, 0.15) is 0 Å². The molecule has 0 aromatic heterocycles. The Labute approximate surface area is 102 Å². The van der Waals surface area contributed by atoms with Crippen molar-refractivity contribution in [3.63, 3.8) is 0 Å². The minimum absolute atomic E-state index is 0.209. The summed E-state index contributed by atoms with van der Waals surface area (Å²) >= 11 is 0. The molecule has 0 aromatic rings. The third-order valence-electron chi connectivity index (χ3n) is 2.83. The maximum absolute atomic E-state index is 12.7. The first kappa shape index (κ1) is 11.3. The second-order valence-corrected chi connectivity index (χ2v) is 6.06. The van der Waals surface area contributed by atoms with Crippen molar-refractivity contribution in [1.29, 1.82) is 0 Å². The normalized spacial score (nSPS) is 21.4. The Morgan fingerprint density at radius 3 is 2.19 bits per heavy atom. The van der Waals surface area contributed by atoms with Gasteiger partial charge in [0.2, 0.25) is 0 Å². The second kappa shape index (κ2) is 6.18. The average Bonchev–Trinajstić information content (AvgIpc) is 3.08. The molecule has 1 aliphatic rings. The molecule has 0 N–H and O–H groups in total. The van der Waals surface area contributed by atoms with Gasteiger partial charge >= 0.3 is 7.60 Å². The predicted octanol–water partition coefficient (Wildman–Crippen LogP) is 4.22. The number of unbranched alkanes of at least 4 members (excludes halogenated alkanes) is 1. The van der Waals surface area contributed by atoms with Gasteiger partial charge in [0, 0.05) is 2.74 Å². The first-order valence-corrected chi connectivity index (χ1v) is 7.82. The highest BCUT2D eigenvalue weighted by molar-refractivity contribution is 7.53. The van der Waals surface area contributed by atoms with Gasteiger partial charge in [-0.1, -0.05) is 19.8 Å². The molecule has 0 heterocycles. The number of rotatable bonds is 9. The molecule has 1 rings (SSSR count). The van der Waals surface area contributed by atoms with Gasteiger partial charge in [-0.05, 0) is 38.5 Å². The standard InChI is InChI=1S/C12H25O3P/c1-4-7-8-12(9-10-12)11-16(13,14-5-2)15-6-3/h4-11H2,1-3H3/i11D2. The fourth-order valence-electron chi connectivity index (χ4n) is 1.82. The van der Waals surface area contributed by atoms with E-state index < -0.39 is 19.1 Å². The van der Waals surface area contributed by atoms with Crippen molar-refractivity contribution in [2.75, 3.05) is 19.3 Å². The van der Waals surface area contributed by atoms with E-state index in [0.717, 1.165) is 32.1 Å². The lowest BCUT2D eigenvalue weighted by Crippen LogP contribution is -2.11. The lowest BCUT2D eigenvalue weighted by Gasteiger charge is -2.22. The van der Waals surface area contributed by atoms with Gasteiger partial charge in [0.05, 0.1) is 19.3 Å². The molecule has 0 bridgehead atoms. The zero-order valence-electron chi connectivity index (χ0n) is 12.6. The van der Waals surface area contributed by atoms with Crippen molar-refractivity contribution in [3.05, 3.63) is 0 Å². The largest absolute Gasteiger partial charge is 0.331 e. The lowest BCUT2D eigenvalue weighted by atomic mass is 10.0. The van der Waals surface area contributed by atoms with Crippen LogP contribution in [0.3, 0.4) is 0 Å². The topological polar surface area (TPSA) is 35.5 Å². The molecule has 0 saturated heterocycles. The SMILES string of the molecule is [2H]C([2H])(C1(CCCC)CC1)P(=O)(OCC)OCC. The molecular weight excluding hydrogens is 223 g/mol. The lowest BCUT2D eigenvalue weighted by molar-refractivity contribution is 0.213. The van der Waals surface area contributed by atoms with Crippen molar-refractivity contribution >= 4 is 7.60 Å². The van der Waals surface area contributed by atoms with Crippen LogP contribution in [0.15, 0.2) is 0 Å². The van der Waals surface area contributed by atoms with Gasteiger partial charge in [-0.2, -0.15) is 0 Å². The van der Waals surface area contributed by atoms with Crippen LogP contribution >= 0.6 is 7.60 Å². The highest BCUT2D eigenvalue weighted by Crippen LogP contribution is 2.62. The van der Waals surface area contributed by atoms with Gasteiger partial charge in [-0.25, -0.2) is 0 Å². The second-order valence-electron chi connectivity index (χ2n) is 4.33. The smallest absolute Gasteiger partial charge is 0.309 e. The maximum atomic E-state index is 12.7. The molecule has 4 heteroatoms. The van der Waals surface area contributed by atoms with Crippen molar-refractivity contribution < 1.29 is 16.4 Å². The van der Waals surface area contributed by atoms with E-state index in [9.17, 15) is 4.57 Å². The van der Waals surface area contributed by atoms with Crippen molar-refractivity contribution in [3.8, 4) is 0 Å². The van der Waals surface area contributed by atoms with Crippen molar-refractivity contribution in [1.82, 2.24) is 0 Å². The van der Waals surface area contributed by atoms with Crippen LogP contribution in [-0.2, 0) is 13.6 Å². The van der Waals surface area contributed by atoms with Crippen LogP contribution in [0, 0.1) is 5.41 Å². The van der Waals surface area contributed by atoms with Crippen LogP contribution in [0.2, 0.25) is 0 Å². The molecule has 0 aromatic carbocycles. The Morgan fingerprint density at radius 1 is 1.25 bits per heavy atom. The Bertz CT molecular complexity index is 306. The van der Waals surface area contributed by atoms with Crippen LogP contribution in [0.25, 0.3) is 0 Å². The molecule has 1 aliphatic carbocycles. The zero-order chi connectivity index (χ0) is 13.9. The third kappa shape index (κ3) is 4.20. The van der Waals surface area contributed by atoms with Crippen molar-refractivity contribution in [2.45, 2.75) is 52.9 Å². The van der Waals surface area contributed by atoms with E-state index in [1.54, 1.807) is 13.8 Å². The summed E-state index contributed by atoms with van der Waals surface area (Å²) in [6.45, 7) is 5.93. The average molecular weight is 250 g/mol. The van der Waals surface area contributed by atoms with E-state index >= 15 is 0 Å². The van der Waals surface area contributed by atoms with E-state index in [4.69, 9.17) is 11.8 Å². The fraction of sp³-hybridized carbons (Fsp3) is 1.00. The first-order chi connectivity index (χ1) is 8.39. The summed E-state index contributed by atoms with van der Waals surface area (Å²) < 4.78 is 39.6. The summed E-state index contributed by atoms with van der Waals surface area (Å²) in [5.41, 5.74) is -0.497. The summed E-state index contributed by atoms with van der Waals surface area (Å²) in [6, 6.07) is 0. The Kier molecular flexibility index (Phi) is 4.35. The van der Waals surface area contributed by atoms with E-state index in [2.05, 4.69) is 6.92 Å². The Morgan fingerprint density at radius 2 is 1.81 bits per heavy atom. The summed E-state index contributed by atoms with van der Waals surface area (Å²) in [5.74, 6) is 0. The van der Waals surface area contributed by atoms with Gasteiger partial charge < -0.3 is 9.05 Å². The van der Waals surface area contributed by atoms with Gasteiger partial charge in [-0.3, -0.25) is 4.57 Å². The molecule has 96 valence electrons.